The Labute approximate surface area is 133 Å². The largest absolute Gasteiger partial charge is 0.490 e. The van der Waals surface area contributed by atoms with E-state index in [0.717, 1.165) is 12.0 Å². The molecule has 1 amide bonds. The van der Waals surface area contributed by atoms with Crippen LogP contribution in [-0.4, -0.2) is 44.2 Å². The second-order valence-electron chi connectivity index (χ2n) is 5.41. The fourth-order valence-electron chi connectivity index (χ4n) is 2.60. The number of nitrogens with zero attached hydrogens (tertiary/aromatic N) is 1. The molecule has 3 rings (SSSR count). The van der Waals surface area contributed by atoms with Crippen molar-refractivity contribution in [2.45, 2.75) is 24.6 Å². The SMILES string of the molecule is O=C1CC(S(=O)(=O)Cl)CN1Cc1ccc2c(c1)OCCCO2. The van der Waals surface area contributed by atoms with Gasteiger partial charge in [0, 0.05) is 36.6 Å². The fraction of sp³-hybridized carbons (Fsp3) is 0.500. The van der Waals surface area contributed by atoms with Crippen LogP contribution in [0.4, 0.5) is 0 Å². The van der Waals surface area contributed by atoms with Crippen LogP contribution in [0, 0.1) is 0 Å². The first-order chi connectivity index (χ1) is 10.4. The average Bonchev–Trinajstić information content (AvgIpc) is 2.69. The van der Waals surface area contributed by atoms with Crippen LogP contribution in [0.25, 0.3) is 0 Å². The number of benzene rings is 1. The number of hydrogen-bond donors (Lipinski definition) is 0. The summed E-state index contributed by atoms with van der Waals surface area (Å²) in [6, 6.07) is 5.49. The molecular formula is C14H16ClNO5S. The molecule has 1 aromatic rings. The smallest absolute Gasteiger partial charge is 0.237 e. The predicted octanol–water partition coefficient (Wildman–Crippen LogP) is 1.52. The number of carbonyl (C=O) groups is 1. The van der Waals surface area contributed by atoms with Crippen molar-refractivity contribution < 1.29 is 22.7 Å². The van der Waals surface area contributed by atoms with Gasteiger partial charge in [0.05, 0.1) is 13.2 Å². The lowest BCUT2D eigenvalue weighted by Crippen LogP contribution is -2.26. The van der Waals surface area contributed by atoms with E-state index >= 15 is 0 Å². The van der Waals surface area contributed by atoms with Crippen LogP contribution >= 0.6 is 10.7 Å². The summed E-state index contributed by atoms with van der Waals surface area (Å²) in [6.45, 7) is 1.66. The molecule has 1 unspecified atom stereocenters. The van der Waals surface area contributed by atoms with Crippen molar-refractivity contribution in [2.75, 3.05) is 19.8 Å². The molecule has 2 aliphatic heterocycles. The van der Waals surface area contributed by atoms with E-state index in [1.54, 1.807) is 0 Å². The van der Waals surface area contributed by atoms with Gasteiger partial charge < -0.3 is 14.4 Å². The first-order valence-electron chi connectivity index (χ1n) is 7.03. The molecule has 6 nitrogen and oxygen atoms in total. The topological polar surface area (TPSA) is 72.9 Å². The van der Waals surface area contributed by atoms with Gasteiger partial charge in [-0.2, -0.15) is 0 Å². The fourth-order valence-corrected chi connectivity index (χ4v) is 3.66. The van der Waals surface area contributed by atoms with Crippen LogP contribution in [0.3, 0.4) is 0 Å². The highest BCUT2D eigenvalue weighted by Crippen LogP contribution is 2.31. The lowest BCUT2D eigenvalue weighted by molar-refractivity contribution is -0.128. The van der Waals surface area contributed by atoms with Crippen LogP contribution < -0.4 is 9.47 Å². The molecule has 8 heteroatoms. The summed E-state index contributed by atoms with van der Waals surface area (Å²) in [5.41, 5.74) is 0.866. The molecule has 0 N–H and O–H groups in total. The Kier molecular flexibility index (Phi) is 4.18. The summed E-state index contributed by atoms with van der Waals surface area (Å²) in [4.78, 5) is 13.4. The van der Waals surface area contributed by atoms with Gasteiger partial charge in [0.15, 0.2) is 11.5 Å². The Morgan fingerprint density at radius 1 is 1.23 bits per heavy atom. The van der Waals surface area contributed by atoms with Crippen molar-refractivity contribution in [1.29, 1.82) is 0 Å². The second kappa shape index (κ2) is 5.96. The highest BCUT2D eigenvalue weighted by Gasteiger charge is 2.37. The number of fused-ring (bicyclic) bond motifs is 1. The van der Waals surface area contributed by atoms with Gasteiger partial charge in [0.1, 0.15) is 5.25 Å². The van der Waals surface area contributed by atoms with E-state index < -0.39 is 14.3 Å². The minimum atomic E-state index is -3.71. The molecule has 22 heavy (non-hydrogen) atoms. The summed E-state index contributed by atoms with van der Waals surface area (Å²) in [7, 11) is 1.63. The van der Waals surface area contributed by atoms with Gasteiger partial charge in [-0.3, -0.25) is 4.79 Å². The van der Waals surface area contributed by atoms with Crippen LogP contribution in [0.1, 0.15) is 18.4 Å². The number of rotatable bonds is 3. The third-order valence-electron chi connectivity index (χ3n) is 3.76. The summed E-state index contributed by atoms with van der Waals surface area (Å²) in [5, 5.41) is -0.831. The van der Waals surface area contributed by atoms with Gasteiger partial charge in [-0.1, -0.05) is 6.07 Å². The quantitative estimate of drug-likeness (QED) is 0.776. The summed E-state index contributed by atoms with van der Waals surface area (Å²) in [6.07, 6.45) is 0.764. The van der Waals surface area contributed by atoms with Crippen LogP contribution in [0.2, 0.25) is 0 Å². The standard InChI is InChI=1S/C14H16ClNO5S/c15-22(18,19)11-7-14(17)16(9-11)8-10-2-3-12-13(6-10)21-5-1-4-20-12/h2-3,6,11H,1,4-5,7-9H2. The number of ether oxygens (including phenoxy) is 2. The molecule has 1 aromatic carbocycles. The van der Waals surface area contributed by atoms with E-state index in [-0.39, 0.29) is 18.9 Å². The van der Waals surface area contributed by atoms with Crippen molar-refractivity contribution in [3.63, 3.8) is 0 Å². The molecule has 120 valence electrons. The van der Waals surface area contributed by atoms with E-state index in [1.807, 2.05) is 18.2 Å². The van der Waals surface area contributed by atoms with Crippen LogP contribution in [0.5, 0.6) is 11.5 Å². The third-order valence-corrected chi connectivity index (χ3v) is 5.63. The molecule has 0 spiro atoms. The number of amides is 1. The Balaban J connectivity index is 1.74. The van der Waals surface area contributed by atoms with Gasteiger partial charge in [-0.25, -0.2) is 8.42 Å². The van der Waals surface area contributed by atoms with Gasteiger partial charge in [-0.15, -0.1) is 0 Å². The summed E-state index contributed by atoms with van der Waals surface area (Å²) in [5.74, 6) is 1.14. The first-order valence-corrected chi connectivity index (χ1v) is 9.40. The molecule has 2 heterocycles. The molecule has 0 radical (unpaired) electrons. The zero-order valence-electron chi connectivity index (χ0n) is 11.8. The van der Waals surface area contributed by atoms with Crippen molar-refractivity contribution in [3.8, 4) is 11.5 Å². The second-order valence-corrected chi connectivity index (χ2v) is 8.32. The van der Waals surface area contributed by atoms with Crippen LogP contribution in [0.15, 0.2) is 18.2 Å². The van der Waals surface area contributed by atoms with E-state index in [0.29, 0.717) is 31.3 Å². The van der Waals surface area contributed by atoms with Gasteiger partial charge in [0.25, 0.3) is 0 Å². The zero-order valence-corrected chi connectivity index (χ0v) is 13.4. The third kappa shape index (κ3) is 3.30. The summed E-state index contributed by atoms with van der Waals surface area (Å²) < 4.78 is 33.9. The van der Waals surface area contributed by atoms with E-state index in [1.165, 1.54) is 4.90 Å². The number of likely N-dealkylation sites (tertiary alicyclic amines) is 1. The highest BCUT2D eigenvalue weighted by atomic mass is 35.7. The van der Waals surface area contributed by atoms with Crippen molar-refractivity contribution in [2.24, 2.45) is 0 Å². The van der Waals surface area contributed by atoms with E-state index in [2.05, 4.69) is 0 Å². The lowest BCUT2D eigenvalue weighted by atomic mass is 10.2. The van der Waals surface area contributed by atoms with Crippen LogP contribution in [-0.2, 0) is 20.4 Å². The number of carbonyl (C=O) groups excluding carboxylic acids is 1. The first kappa shape index (κ1) is 15.4. The Morgan fingerprint density at radius 2 is 1.95 bits per heavy atom. The maximum atomic E-state index is 11.9. The Morgan fingerprint density at radius 3 is 2.64 bits per heavy atom. The molecule has 0 aliphatic carbocycles. The molecule has 1 atom stereocenters. The van der Waals surface area contributed by atoms with Gasteiger partial charge in [0.2, 0.25) is 15.0 Å². The predicted molar refractivity (Wildman–Crippen MR) is 80.6 cm³/mol. The highest BCUT2D eigenvalue weighted by molar-refractivity contribution is 8.14. The normalized spacial score (nSPS) is 21.8. The molecule has 0 bridgehead atoms. The molecule has 0 aromatic heterocycles. The maximum absolute atomic E-state index is 11.9. The minimum Gasteiger partial charge on any atom is -0.490 e. The van der Waals surface area contributed by atoms with Crippen molar-refractivity contribution in [1.82, 2.24) is 4.90 Å². The lowest BCUT2D eigenvalue weighted by Gasteiger charge is -2.17. The average molecular weight is 346 g/mol. The molecule has 2 aliphatic rings. The molecule has 1 saturated heterocycles. The molecule has 0 saturated carbocycles. The van der Waals surface area contributed by atoms with E-state index in [4.69, 9.17) is 20.2 Å². The Hall–Kier alpha value is -1.47. The monoisotopic (exact) mass is 345 g/mol. The molecule has 1 fully saturated rings. The maximum Gasteiger partial charge on any atom is 0.237 e. The van der Waals surface area contributed by atoms with E-state index in [9.17, 15) is 13.2 Å². The van der Waals surface area contributed by atoms with Gasteiger partial charge in [-0.05, 0) is 17.7 Å². The van der Waals surface area contributed by atoms with Crippen molar-refractivity contribution in [3.05, 3.63) is 23.8 Å². The Bertz CT molecular complexity index is 690. The van der Waals surface area contributed by atoms with Gasteiger partial charge >= 0.3 is 0 Å². The summed E-state index contributed by atoms with van der Waals surface area (Å²) >= 11 is 0. The number of hydrogen-bond acceptors (Lipinski definition) is 5. The van der Waals surface area contributed by atoms with Crippen molar-refractivity contribution >= 4 is 25.6 Å². The molecular weight excluding hydrogens is 330 g/mol. The number of halogens is 1. The zero-order chi connectivity index (χ0) is 15.7. The minimum absolute atomic E-state index is 0.0591.